The highest BCUT2D eigenvalue weighted by molar-refractivity contribution is 6.30. The first-order valence-corrected chi connectivity index (χ1v) is 6.47. The quantitative estimate of drug-likeness (QED) is 0.850. The summed E-state index contributed by atoms with van der Waals surface area (Å²) in [6, 6.07) is 12.3. The molecule has 2 aromatic carbocycles. The highest BCUT2D eigenvalue weighted by atomic mass is 35.5. The monoisotopic (exact) mass is 290 g/mol. The van der Waals surface area contributed by atoms with Gasteiger partial charge in [-0.15, -0.1) is 0 Å². The molecule has 104 valence electrons. The van der Waals surface area contributed by atoms with Crippen molar-refractivity contribution in [3.8, 4) is 5.75 Å². The third-order valence-corrected chi connectivity index (χ3v) is 2.97. The van der Waals surface area contributed by atoms with Crippen LogP contribution in [0.4, 0.5) is 11.4 Å². The van der Waals surface area contributed by atoms with Gasteiger partial charge in [0.05, 0.1) is 5.69 Å². The van der Waals surface area contributed by atoms with Crippen LogP contribution in [-0.2, 0) is 4.79 Å². The average molecular weight is 291 g/mol. The maximum Gasteiger partial charge on any atom is 0.262 e. The molecule has 0 aliphatic rings. The Morgan fingerprint density at radius 2 is 1.95 bits per heavy atom. The number of hydrogen-bond acceptors (Lipinski definition) is 3. The third kappa shape index (κ3) is 3.65. The predicted molar refractivity (Wildman–Crippen MR) is 81.2 cm³/mol. The standard InChI is InChI=1S/C15H15ClN2O2/c1-10-3-2-4-13(17)15(10)20-9-14(19)18-12-7-5-11(16)6-8-12/h2-8H,9,17H2,1H3,(H,18,19). The van der Waals surface area contributed by atoms with E-state index in [2.05, 4.69) is 5.32 Å². The number of nitrogens with two attached hydrogens (primary N) is 1. The Hall–Kier alpha value is -2.20. The van der Waals surface area contributed by atoms with Gasteiger partial charge >= 0.3 is 0 Å². The second kappa shape index (κ2) is 6.30. The number of nitrogens with one attached hydrogen (secondary N) is 1. The lowest BCUT2D eigenvalue weighted by Gasteiger charge is -2.11. The zero-order valence-electron chi connectivity index (χ0n) is 11.0. The molecule has 0 aliphatic heterocycles. The van der Waals surface area contributed by atoms with Crippen LogP contribution in [0.5, 0.6) is 5.75 Å². The molecule has 2 aromatic rings. The molecule has 0 saturated heterocycles. The van der Waals surface area contributed by atoms with Crippen molar-refractivity contribution in [3.05, 3.63) is 53.1 Å². The first kappa shape index (κ1) is 14.2. The van der Waals surface area contributed by atoms with Gasteiger partial charge in [0, 0.05) is 10.7 Å². The van der Waals surface area contributed by atoms with E-state index in [1.54, 1.807) is 30.3 Å². The summed E-state index contributed by atoms with van der Waals surface area (Å²) in [5.74, 6) is 0.286. The van der Waals surface area contributed by atoms with Gasteiger partial charge in [-0.1, -0.05) is 23.7 Å². The fourth-order valence-corrected chi connectivity index (χ4v) is 1.87. The van der Waals surface area contributed by atoms with Crippen molar-refractivity contribution in [2.45, 2.75) is 6.92 Å². The molecular formula is C15H15ClN2O2. The number of ether oxygens (including phenoxy) is 1. The molecular weight excluding hydrogens is 276 g/mol. The summed E-state index contributed by atoms with van der Waals surface area (Å²) in [6.07, 6.45) is 0. The van der Waals surface area contributed by atoms with Gasteiger partial charge in [-0.2, -0.15) is 0 Å². The van der Waals surface area contributed by atoms with Crippen LogP contribution < -0.4 is 15.8 Å². The Morgan fingerprint density at radius 3 is 2.60 bits per heavy atom. The number of rotatable bonds is 4. The summed E-state index contributed by atoms with van der Waals surface area (Å²) in [5, 5.41) is 3.33. The molecule has 2 rings (SSSR count). The molecule has 0 unspecified atom stereocenters. The van der Waals surface area contributed by atoms with Crippen LogP contribution in [0.15, 0.2) is 42.5 Å². The van der Waals surface area contributed by atoms with Gasteiger partial charge in [0.15, 0.2) is 6.61 Å². The highest BCUT2D eigenvalue weighted by Gasteiger charge is 2.08. The SMILES string of the molecule is Cc1cccc(N)c1OCC(=O)Nc1ccc(Cl)cc1. The summed E-state index contributed by atoms with van der Waals surface area (Å²) >= 11 is 5.77. The van der Waals surface area contributed by atoms with Crippen molar-refractivity contribution in [2.75, 3.05) is 17.7 Å². The minimum atomic E-state index is -0.255. The molecule has 20 heavy (non-hydrogen) atoms. The van der Waals surface area contributed by atoms with E-state index in [-0.39, 0.29) is 12.5 Å². The lowest BCUT2D eigenvalue weighted by molar-refractivity contribution is -0.118. The van der Waals surface area contributed by atoms with Crippen LogP contribution in [0.3, 0.4) is 0 Å². The van der Waals surface area contributed by atoms with Crippen molar-refractivity contribution < 1.29 is 9.53 Å². The minimum Gasteiger partial charge on any atom is -0.481 e. The van der Waals surface area contributed by atoms with Gasteiger partial charge in [0.1, 0.15) is 5.75 Å². The van der Waals surface area contributed by atoms with Gasteiger partial charge in [-0.25, -0.2) is 0 Å². The predicted octanol–water partition coefficient (Wildman–Crippen LogP) is 3.25. The summed E-state index contributed by atoms with van der Waals surface area (Å²) in [7, 11) is 0. The number of benzene rings is 2. The number of halogens is 1. The number of hydrogen-bond donors (Lipinski definition) is 2. The van der Waals surface area contributed by atoms with Gasteiger partial charge in [0.25, 0.3) is 5.91 Å². The normalized spacial score (nSPS) is 10.1. The molecule has 0 aromatic heterocycles. The molecule has 0 radical (unpaired) electrons. The van der Waals surface area contributed by atoms with Crippen molar-refractivity contribution in [2.24, 2.45) is 0 Å². The van der Waals surface area contributed by atoms with E-state index >= 15 is 0 Å². The second-order valence-corrected chi connectivity index (χ2v) is 4.77. The van der Waals surface area contributed by atoms with Crippen LogP contribution >= 0.6 is 11.6 Å². The van der Waals surface area contributed by atoms with Crippen LogP contribution in [0, 0.1) is 6.92 Å². The third-order valence-electron chi connectivity index (χ3n) is 2.72. The first-order valence-electron chi connectivity index (χ1n) is 6.09. The summed E-state index contributed by atoms with van der Waals surface area (Å²) < 4.78 is 5.46. The number of carbonyl (C=O) groups is 1. The van der Waals surface area contributed by atoms with E-state index in [0.29, 0.717) is 22.1 Å². The van der Waals surface area contributed by atoms with Crippen molar-refractivity contribution >= 4 is 28.9 Å². The Labute approximate surface area is 122 Å². The molecule has 3 N–H and O–H groups in total. The van der Waals surface area contributed by atoms with Gasteiger partial charge in [0.2, 0.25) is 0 Å². The fourth-order valence-electron chi connectivity index (χ4n) is 1.74. The van der Waals surface area contributed by atoms with Crippen LogP contribution in [0.2, 0.25) is 5.02 Å². The first-order chi connectivity index (χ1) is 9.56. The van der Waals surface area contributed by atoms with E-state index in [9.17, 15) is 4.79 Å². The van der Waals surface area contributed by atoms with Gasteiger partial charge in [-0.3, -0.25) is 4.79 Å². The number of para-hydroxylation sites is 1. The number of nitrogen functional groups attached to an aromatic ring is 1. The Bertz CT molecular complexity index is 592. The maximum absolute atomic E-state index is 11.8. The molecule has 0 atom stereocenters. The van der Waals surface area contributed by atoms with Gasteiger partial charge in [-0.05, 0) is 42.8 Å². The van der Waals surface area contributed by atoms with E-state index in [1.807, 2.05) is 19.1 Å². The summed E-state index contributed by atoms with van der Waals surface area (Å²) in [4.78, 5) is 11.8. The molecule has 0 saturated carbocycles. The smallest absolute Gasteiger partial charge is 0.262 e. The Morgan fingerprint density at radius 1 is 1.25 bits per heavy atom. The van der Waals surface area contributed by atoms with Crippen LogP contribution in [-0.4, -0.2) is 12.5 Å². The molecule has 1 amide bonds. The topological polar surface area (TPSA) is 64.3 Å². The zero-order valence-corrected chi connectivity index (χ0v) is 11.8. The van der Waals surface area contributed by atoms with Crippen LogP contribution in [0.25, 0.3) is 0 Å². The van der Waals surface area contributed by atoms with Crippen molar-refractivity contribution in [1.82, 2.24) is 0 Å². The van der Waals surface area contributed by atoms with Crippen molar-refractivity contribution in [3.63, 3.8) is 0 Å². The van der Waals surface area contributed by atoms with E-state index in [0.717, 1.165) is 5.56 Å². The second-order valence-electron chi connectivity index (χ2n) is 4.34. The fraction of sp³-hybridized carbons (Fsp3) is 0.133. The lowest BCUT2D eigenvalue weighted by atomic mass is 10.2. The van der Waals surface area contributed by atoms with E-state index < -0.39 is 0 Å². The molecule has 0 aliphatic carbocycles. The van der Waals surface area contributed by atoms with Crippen LogP contribution in [0.1, 0.15) is 5.56 Å². The molecule has 0 fully saturated rings. The highest BCUT2D eigenvalue weighted by Crippen LogP contribution is 2.25. The number of amides is 1. The molecule has 4 nitrogen and oxygen atoms in total. The molecule has 0 spiro atoms. The number of anilines is 2. The molecule has 0 heterocycles. The maximum atomic E-state index is 11.8. The molecule has 5 heteroatoms. The zero-order chi connectivity index (χ0) is 14.5. The minimum absolute atomic E-state index is 0.0995. The van der Waals surface area contributed by atoms with E-state index in [1.165, 1.54) is 0 Å². The largest absolute Gasteiger partial charge is 0.481 e. The average Bonchev–Trinajstić information content (AvgIpc) is 2.41. The van der Waals surface area contributed by atoms with Gasteiger partial charge < -0.3 is 15.8 Å². The lowest BCUT2D eigenvalue weighted by Crippen LogP contribution is -2.20. The Kier molecular flexibility index (Phi) is 4.48. The Balaban J connectivity index is 1.94. The molecule has 0 bridgehead atoms. The summed E-state index contributed by atoms with van der Waals surface area (Å²) in [6.45, 7) is 1.78. The number of carbonyl (C=O) groups excluding carboxylic acids is 1. The summed E-state index contributed by atoms with van der Waals surface area (Å²) in [5.41, 5.74) is 7.88. The van der Waals surface area contributed by atoms with E-state index in [4.69, 9.17) is 22.1 Å². The van der Waals surface area contributed by atoms with Crippen molar-refractivity contribution in [1.29, 1.82) is 0 Å². The number of aryl methyl sites for hydroxylation is 1.